The van der Waals surface area contributed by atoms with E-state index in [0.29, 0.717) is 18.6 Å². The molecule has 3 heteroatoms. The van der Waals surface area contributed by atoms with Gasteiger partial charge in [0.15, 0.2) is 0 Å². The van der Waals surface area contributed by atoms with Crippen LogP contribution in [0.25, 0.3) is 0 Å². The van der Waals surface area contributed by atoms with E-state index in [9.17, 15) is 0 Å². The van der Waals surface area contributed by atoms with Gasteiger partial charge in [0.25, 0.3) is 0 Å². The van der Waals surface area contributed by atoms with Crippen LogP contribution in [0.4, 0.5) is 0 Å². The van der Waals surface area contributed by atoms with Crippen molar-refractivity contribution in [2.24, 2.45) is 23.5 Å². The summed E-state index contributed by atoms with van der Waals surface area (Å²) in [5.41, 5.74) is 6.30. The second kappa shape index (κ2) is 8.13. The first-order valence-corrected chi connectivity index (χ1v) is 7.67. The van der Waals surface area contributed by atoms with E-state index < -0.39 is 0 Å². The molecule has 0 aliphatic heterocycles. The normalized spacial score (nSPS) is 29.2. The number of hydrogen-bond donors (Lipinski definition) is 2. The number of nitrogens with zero attached hydrogens (tertiary/aromatic N) is 1. The summed E-state index contributed by atoms with van der Waals surface area (Å²) < 4.78 is 0. The molecule has 0 spiro atoms. The zero-order valence-electron chi connectivity index (χ0n) is 12.4. The van der Waals surface area contributed by atoms with Crippen LogP contribution >= 0.6 is 0 Å². The Kier molecular flexibility index (Phi) is 7.20. The highest BCUT2D eigenvalue weighted by Gasteiger charge is 2.30. The average molecular weight is 256 g/mol. The van der Waals surface area contributed by atoms with Crippen molar-refractivity contribution in [1.82, 2.24) is 4.90 Å². The van der Waals surface area contributed by atoms with Crippen molar-refractivity contribution in [2.45, 2.75) is 52.5 Å². The summed E-state index contributed by atoms with van der Waals surface area (Å²) in [6, 6.07) is 0.378. The lowest BCUT2D eigenvalue weighted by atomic mass is 9.73. The Morgan fingerprint density at radius 1 is 1.33 bits per heavy atom. The molecule has 108 valence electrons. The fourth-order valence-electron chi connectivity index (χ4n) is 3.14. The van der Waals surface area contributed by atoms with Crippen molar-refractivity contribution >= 4 is 0 Å². The second-order valence-corrected chi connectivity index (χ2v) is 6.21. The monoisotopic (exact) mass is 256 g/mol. The van der Waals surface area contributed by atoms with Crippen molar-refractivity contribution in [1.29, 1.82) is 0 Å². The Hall–Kier alpha value is -0.120. The van der Waals surface area contributed by atoms with Crippen LogP contribution in [0.3, 0.4) is 0 Å². The Labute approximate surface area is 113 Å². The highest BCUT2D eigenvalue weighted by molar-refractivity contribution is 4.85. The largest absolute Gasteiger partial charge is 0.396 e. The first kappa shape index (κ1) is 15.9. The molecule has 1 rings (SSSR count). The zero-order chi connectivity index (χ0) is 13.5. The van der Waals surface area contributed by atoms with Gasteiger partial charge in [-0.3, -0.25) is 0 Å². The zero-order valence-corrected chi connectivity index (χ0v) is 12.4. The van der Waals surface area contributed by atoms with E-state index in [-0.39, 0.29) is 0 Å². The quantitative estimate of drug-likeness (QED) is 0.733. The highest BCUT2D eigenvalue weighted by Crippen LogP contribution is 2.33. The van der Waals surface area contributed by atoms with Crippen LogP contribution in [0, 0.1) is 17.8 Å². The van der Waals surface area contributed by atoms with E-state index in [2.05, 4.69) is 25.7 Å². The fraction of sp³-hybridized carbons (Fsp3) is 1.00. The third-order valence-electron chi connectivity index (χ3n) is 4.60. The second-order valence-electron chi connectivity index (χ2n) is 6.21. The minimum atomic E-state index is 0.293. The van der Waals surface area contributed by atoms with Gasteiger partial charge in [0.2, 0.25) is 0 Å². The lowest BCUT2D eigenvalue weighted by Crippen LogP contribution is -2.44. The van der Waals surface area contributed by atoms with Gasteiger partial charge >= 0.3 is 0 Å². The first-order chi connectivity index (χ1) is 8.58. The van der Waals surface area contributed by atoms with Gasteiger partial charge in [-0.05, 0) is 50.0 Å². The van der Waals surface area contributed by atoms with E-state index in [1.54, 1.807) is 0 Å². The first-order valence-electron chi connectivity index (χ1n) is 7.67. The lowest BCUT2D eigenvalue weighted by molar-refractivity contribution is 0.134. The molecule has 0 aromatic rings. The van der Waals surface area contributed by atoms with Gasteiger partial charge in [-0.2, -0.15) is 0 Å². The molecule has 0 heterocycles. The molecule has 0 saturated heterocycles. The molecule has 3 N–H and O–H groups in total. The molecule has 3 unspecified atom stereocenters. The van der Waals surface area contributed by atoms with Gasteiger partial charge in [-0.25, -0.2) is 0 Å². The third-order valence-corrected chi connectivity index (χ3v) is 4.60. The molecule has 1 aliphatic carbocycles. The molecule has 1 aliphatic rings. The molecule has 18 heavy (non-hydrogen) atoms. The van der Waals surface area contributed by atoms with E-state index in [0.717, 1.165) is 37.9 Å². The smallest absolute Gasteiger partial charge is 0.0443 e. The summed E-state index contributed by atoms with van der Waals surface area (Å²) in [6.45, 7) is 10.3. The summed E-state index contributed by atoms with van der Waals surface area (Å²) in [6.07, 6.45) is 4.65. The van der Waals surface area contributed by atoms with E-state index in [1.165, 1.54) is 19.3 Å². The maximum absolute atomic E-state index is 8.93. The molecule has 1 saturated carbocycles. The molecule has 3 atom stereocenters. The number of rotatable bonds is 7. The SMILES string of the molecule is CCN(CCCO)CC1CC(C(C)C)CCC1N. The van der Waals surface area contributed by atoms with Crippen LogP contribution < -0.4 is 5.73 Å². The molecule has 1 fully saturated rings. The van der Waals surface area contributed by atoms with Crippen molar-refractivity contribution in [3.8, 4) is 0 Å². The summed E-state index contributed by atoms with van der Waals surface area (Å²) >= 11 is 0. The summed E-state index contributed by atoms with van der Waals surface area (Å²) in [7, 11) is 0. The molecule has 0 radical (unpaired) electrons. The standard InChI is InChI=1S/C15H32N2O/c1-4-17(8-5-9-18)11-14-10-13(12(2)3)6-7-15(14)16/h12-15,18H,4-11,16H2,1-3H3. The van der Waals surface area contributed by atoms with E-state index in [4.69, 9.17) is 10.8 Å². The average Bonchev–Trinajstić information content (AvgIpc) is 2.36. The summed E-state index contributed by atoms with van der Waals surface area (Å²) in [5.74, 6) is 2.28. The Bertz CT molecular complexity index is 221. The number of nitrogens with two attached hydrogens (primary N) is 1. The maximum atomic E-state index is 8.93. The Balaban J connectivity index is 2.46. The molecule has 0 bridgehead atoms. The van der Waals surface area contributed by atoms with Gasteiger partial charge in [-0.1, -0.05) is 20.8 Å². The van der Waals surface area contributed by atoms with E-state index in [1.807, 2.05) is 0 Å². The highest BCUT2D eigenvalue weighted by atomic mass is 16.3. The van der Waals surface area contributed by atoms with Gasteiger partial charge in [0.05, 0.1) is 0 Å². The van der Waals surface area contributed by atoms with Crippen molar-refractivity contribution < 1.29 is 5.11 Å². The molecular formula is C15H32N2O. The number of aliphatic hydroxyl groups excluding tert-OH is 1. The lowest BCUT2D eigenvalue weighted by Gasteiger charge is -2.38. The van der Waals surface area contributed by atoms with E-state index >= 15 is 0 Å². The fourth-order valence-corrected chi connectivity index (χ4v) is 3.14. The van der Waals surface area contributed by atoms with Crippen LogP contribution in [0.5, 0.6) is 0 Å². The maximum Gasteiger partial charge on any atom is 0.0443 e. The van der Waals surface area contributed by atoms with Crippen molar-refractivity contribution in [2.75, 3.05) is 26.2 Å². The van der Waals surface area contributed by atoms with Crippen LogP contribution in [0.1, 0.15) is 46.5 Å². The van der Waals surface area contributed by atoms with Crippen molar-refractivity contribution in [3.63, 3.8) is 0 Å². The van der Waals surface area contributed by atoms with Gasteiger partial charge in [-0.15, -0.1) is 0 Å². The Morgan fingerprint density at radius 3 is 2.61 bits per heavy atom. The molecular weight excluding hydrogens is 224 g/mol. The van der Waals surface area contributed by atoms with Crippen LogP contribution in [-0.2, 0) is 0 Å². The molecule has 0 amide bonds. The Morgan fingerprint density at radius 2 is 2.06 bits per heavy atom. The van der Waals surface area contributed by atoms with Gasteiger partial charge < -0.3 is 15.7 Å². The van der Waals surface area contributed by atoms with Crippen LogP contribution in [0.15, 0.2) is 0 Å². The van der Waals surface area contributed by atoms with Crippen LogP contribution in [0.2, 0.25) is 0 Å². The predicted octanol–water partition coefficient (Wildman–Crippen LogP) is 2.09. The predicted molar refractivity (Wildman–Crippen MR) is 77.5 cm³/mol. The molecule has 0 aromatic carbocycles. The third kappa shape index (κ3) is 4.87. The van der Waals surface area contributed by atoms with Crippen molar-refractivity contribution in [3.05, 3.63) is 0 Å². The topological polar surface area (TPSA) is 49.5 Å². The van der Waals surface area contributed by atoms with Crippen LogP contribution in [-0.4, -0.2) is 42.3 Å². The molecule has 0 aromatic heterocycles. The molecule has 3 nitrogen and oxygen atoms in total. The number of hydrogen-bond acceptors (Lipinski definition) is 3. The van der Waals surface area contributed by atoms with Gasteiger partial charge in [0.1, 0.15) is 0 Å². The minimum Gasteiger partial charge on any atom is -0.396 e. The minimum absolute atomic E-state index is 0.293. The van der Waals surface area contributed by atoms with Gasteiger partial charge in [0, 0.05) is 25.7 Å². The number of aliphatic hydroxyl groups is 1. The summed E-state index contributed by atoms with van der Waals surface area (Å²) in [4.78, 5) is 2.45. The summed E-state index contributed by atoms with van der Waals surface area (Å²) in [5, 5.41) is 8.93.